The molecule has 3 rings (SSSR count). The molecule has 0 aromatic carbocycles. The van der Waals surface area contributed by atoms with E-state index in [1.165, 1.54) is 11.1 Å². The van der Waals surface area contributed by atoms with Gasteiger partial charge >= 0.3 is 0 Å². The average molecular weight is 345 g/mol. The molecule has 1 aliphatic rings. The molecule has 7 nitrogen and oxygen atoms in total. The van der Waals surface area contributed by atoms with E-state index < -0.39 is 0 Å². The Bertz CT molecular complexity index is 771. The van der Waals surface area contributed by atoms with Crippen molar-refractivity contribution in [2.24, 2.45) is 11.8 Å². The molecule has 1 amide bonds. The highest BCUT2D eigenvalue weighted by molar-refractivity contribution is 5.75. The van der Waals surface area contributed by atoms with Gasteiger partial charge in [-0.3, -0.25) is 9.59 Å². The van der Waals surface area contributed by atoms with Gasteiger partial charge in [0.05, 0.1) is 0 Å². The molecule has 1 aliphatic heterocycles. The van der Waals surface area contributed by atoms with Crippen LogP contribution in [0, 0.1) is 11.8 Å². The molecular weight excluding hydrogens is 318 g/mol. The van der Waals surface area contributed by atoms with Crippen LogP contribution in [0.1, 0.15) is 26.7 Å². The fourth-order valence-corrected chi connectivity index (χ4v) is 3.79. The lowest BCUT2D eigenvalue weighted by atomic mass is 9.92. The summed E-state index contributed by atoms with van der Waals surface area (Å²) in [6.45, 7) is 8.49. The Morgan fingerprint density at radius 2 is 2.08 bits per heavy atom. The van der Waals surface area contributed by atoms with E-state index in [2.05, 4.69) is 29.2 Å². The molecule has 0 saturated carbocycles. The fraction of sp³-hybridized carbons (Fsp3) is 0.611. The molecule has 0 spiro atoms. The molecule has 0 aliphatic carbocycles. The van der Waals surface area contributed by atoms with Gasteiger partial charge in [0, 0.05) is 25.8 Å². The van der Waals surface area contributed by atoms with E-state index in [1.807, 2.05) is 0 Å². The second-order valence-electron chi connectivity index (χ2n) is 7.30. The molecule has 0 radical (unpaired) electrons. The normalized spacial score (nSPS) is 21.5. The SMILES string of the molecule is C[C@@H]1C[C@@H](C)CN(CCCNC(=O)Cn2ncn3cccc3c2=O)C1. The van der Waals surface area contributed by atoms with Gasteiger partial charge < -0.3 is 14.6 Å². The van der Waals surface area contributed by atoms with Crippen LogP contribution in [0.5, 0.6) is 0 Å². The minimum atomic E-state index is -0.251. The molecule has 2 aromatic heterocycles. The van der Waals surface area contributed by atoms with Gasteiger partial charge in [-0.15, -0.1) is 0 Å². The minimum absolute atomic E-state index is 0.0434. The summed E-state index contributed by atoms with van der Waals surface area (Å²) in [6.07, 6.45) is 5.53. The first kappa shape index (κ1) is 17.7. The van der Waals surface area contributed by atoms with Crippen molar-refractivity contribution in [3.63, 3.8) is 0 Å². The van der Waals surface area contributed by atoms with Crippen molar-refractivity contribution in [1.82, 2.24) is 24.4 Å². The van der Waals surface area contributed by atoms with Gasteiger partial charge in [0.25, 0.3) is 5.56 Å². The van der Waals surface area contributed by atoms with Crippen molar-refractivity contribution in [2.45, 2.75) is 33.2 Å². The number of hydrogen-bond donors (Lipinski definition) is 1. The molecule has 2 atom stereocenters. The Morgan fingerprint density at radius 3 is 2.84 bits per heavy atom. The highest BCUT2D eigenvalue weighted by Crippen LogP contribution is 2.20. The Hall–Kier alpha value is -2.15. The van der Waals surface area contributed by atoms with E-state index in [-0.39, 0.29) is 18.0 Å². The predicted molar refractivity (Wildman–Crippen MR) is 96.5 cm³/mol. The molecule has 1 N–H and O–H groups in total. The van der Waals surface area contributed by atoms with Gasteiger partial charge in [-0.05, 0) is 43.4 Å². The third-order valence-corrected chi connectivity index (χ3v) is 4.76. The summed E-state index contributed by atoms with van der Waals surface area (Å²) < 4.78 is 2.86. The van der Waals surface area contributed by atoms with Crippen molar-refractivity contribution < 1.29 is 4.79 Å². The molecule has 1 fully saturated rings. The lowest BCUT2D eigenvalue weighted by molar-refractivity contribution is -0.121. The summed E-state index contributed by atoms with van der Waals surface area (Å²) in [6, 6.07) is 3.50. The Morgan fingerprint density at radius 1 is 1.32 bits per heavy atom. The summed E-state index contributed by atoms with van der Waals surface area (Å²) in [5, 5.41) is 6.93. The Kier molecular flexibility index (Phi) is 5.53. The maximum absolute atomic E-state index is 12.2. The van der Waals surface area contributed by atoms with Crippen molar-refractivity contribution in [3.8, 4) is 0 Å². The summed E-state index contributed by atoms with van der Waals surface area (Å²) in [4.78, 5) is 26.8. The van der Waals surface area contributed by atoms with Gasteiger partial charge in [-0.2, -0.15) is 5.10 Å². The fourth-order valence-electron chi connectivity index (χ4n) is 3.79. The highest BCUT2D eigenvalue weighted by atomic mass is 16.2. The van der Waals surface area contributed by atoms with E-state index in [0.717, 1.165) is 37.9 Å². The van der Waals surface area contributed by atoms with E-state index in [4.69, 9.17) is 0 Å². The van der Waals surface area contributed by atoms with Gasteiger partial charge in [-0.25, -0.2) is 4.68 Å². The largest absolute Gasteiger partial charge is 0.354 e. The first-order valence-electron chi connectivity index (χ1n) is 9.05. The summed E-state index contributed by atoms with van der Waals surface area (Å²) >= 11 is 0. The highest BCUT2D eigenvalue weighted by Gasteiger charge is 2.21. The van der Waals surface area contributed by atoms with E-state index in [1.54, 1.807) is 29.1 Å². The quantitative estimate of drug-likeness (QED) is 0.792. The maximum atomic E-state index is 12.2. The van der Waals surface area contributed by atoms with Crippen LogP contribution in [-0.2, 0) is 11.3 Å². The number of nitrogens with zero attached hydrogens (tertiary/aromatic N) is 4. The lowest BCUT2D eigenvalue weighted by Crippen LogP contribution is -2.40. The lowest BCUT2D eigenvalue weighted by Gasteiger charge is -2.34. The molecule has 1 saturated heterocycles. The van der Waals surface area contributed by atoms with Crippen LogP contribution in [0.4, 0.5) is 0 Å². The Labute approximate surface area is 147 Å². The van der Waals surface area contributed by atoms with Gasteiger partial charge in [-0.1, -0.05) is 13.8 Å². The second-order valence-corrected chi connectivity index (χ2v) is 7.30. The summed E-state index contributed by atoms with van der Waals surface area (Å²) in [5.41, 5.74) is 0.273. The summed E-state index contributed by atoms with van der Waals surface area (Å²) in [5.74, 6) is 1.33. The molecule has 0 bridgehead atoms. The molecule has 25 heavy (non-hydrogen) atoms. The zero-order valence-corrected chi connectivity index (χ0v) is 15.0. The molecule has 136 valence electrons. The van der Waals surface area contributed by atoms with Crippen LogP contribution in [0.3, 0.4) is 0 Å². The predicted octanol–water partition coefficient (Wildman–Crippen LogP) is 0.980. The van der Waals surface area contributed by atoms with Crippen molar-refractivity contribution in [3.05, 3.63) is 35.0 Å². The van der Waals surface area contributed by atoms with Crippen LogP contribution in [0.15, 0.2) is 29.5 Å². The monoisotopic (exact) mass is 345 g/mol. The standard InChI is InChI=1S/C18H27N5O2/c1-14-9-15(2)11-21(10-14)7-4-6-19-17(24)12-23-18(25)16-5-3-8-22(16)13-20-23/h3,5,8,13-15H,4,6-7,9-12H2,1-2H3,(H,19,24)/t14-,15-/m1/s1. The van der Waals surface area contributed by atoms with Crippen molar-refractivity contribution >= 4 is 11.4 Å². The van der Waals surface area contributed by atoms with Crippen LogP contribution >= 0.6 is 0 Å². The zero-order chi connectivity index (χ0) is 17.8. The van der Waals surface area contributed by atoms with Gasteiger partial charge in [0.15, 0.2) is 0 Å². The van der Waals surface area contributed by atoms with E-state index in [0.29, 0.717) is 12.1 Å². The van der Waals surface area contributed by atoms with Gasteiger partial charge in [0.1, 0.15) is 18.4 Å². The number of amides is 1. The molecule has 7 heteroatoms. The third-order valence-electron chi connectivity index (χ3n) is 4.76. The average Bonchev–Trinajstić information content (AvgIpc) is 3.03. The first-order chi connectivity index (χ1) is 12.0. The molecule has 0 unspecified atom stereocenters. The number of piperidine rings is 1. The molecule has 3 heterocycles. The van der Waals surface area contributed by atoms with Crippen molar-refractivity contribution in [1.29, 1.82) is 0 Å². The summed E-state index contributed by atoms with van der Waals surface area (Å²) in [7, 11) is 0. The Balaban J connectivity index is 1.43. The molecule has 2 aromatic rings. The van der Waals surface area contributed by atoms with Crippen LogP contribution in [-0.4, -0.2) is 51.2 Å². The smallest absolute Gasteiger partial charge is 0.291 e. The number of hydrogen-bond acceptors (Lipinski definition) is 4. The third kappa shape index (κ3) is 4.48. The van der Waals surface area contributed by atoms with Crippen molar-refractivity contribution in [2.75, 3.05) is 26.2 Å². The second kappa shape index (κ2) is 7.82. The van der Waals surface area contributed by atoms with Crippen LogP contribution in [0.25, 0.3) is 5.52 Å². The minimum Gasteiger partial charge on any atom is -0.354 e. The molecular formula is C18H27N5O2. The number of rotatable bonds is 6. The number of likely N-dealkylation sites (tertiary alicyclic amines) is 1. The first-order valence-corrected chi connectivity index (χ1v) is 9.05. The zero-order valence-electron chi connectivity index (χ0n) is 15.0. The van der Waals surface area contributed by atoms with Crippen LogP contribution in [0.2, 0.25) is 0 Å². The van der Waals surface area contributed by atoms with Crippen LogP contribution < -0.4 is 10.9 Å². The topological polar surface area (TPSA) is 71.6 Å². The van der Waals surface area contributed by atoms with Gasteiger partial charge in [0.2, 0.25) is 5.91 Å². The number of carbonyl (C=O) groups is 1. The van der Waals surface area contributed by atoms with E-state index >= 15 is 0 Å². The van der Waals surface area contributed by atoms with E-state index in [9.17, 15) is 9.59 Å². The maximum Gasteiger partial charge on any atom is 0.291 e. The number of nitrogens with one attached hydrogen (secondary N) is 1. The number of fused-ring (bicyclic) bond motifs is 1. The number of carbonyl (C=O) groups excluding carboxylic acids is 1. The number of aromatic nitrogens is 3.